The lowest BCUT2D eigenvalue weighted by Crippen LogP contribution is -2.99. The highest BCUT2D eigenvalue weighted by atomic mass is 35.5. The van der Waals surface area contributed by atoms with E-state index in [0.717, 1.165) is 0 Å². The van der Waals surface area contributed by atoms with Crippen molar-refractivity contribution in [3.63, 3.8) is 0 Å². The summed E-state index contributed by atoms with van der Waals surface area (Å²) < 4.78 is 0. The number of nitrogen functional groups attached to an aromatic ring is 1. The largest absolute Gasteiger partial charge is 0.595 e. The van der Waals surface area contributed by atoms with Gasteiger partial charge in [-0.2, -0.15) is 5.23 Å². The molecule has 0 radical (unpaired) electrons. The third kappa shape index (κ3) is 1.80. The normalized spacial score (nSPS) is 13.0. The Kier molecular flexibility index (Phi) is 2.76. The summed E-state index contributed by atoms with van der Waals surface area (Å²) in [6, 6.07) is 2.54. The van der Waals surface area contributed by atoms with Gasteiger partial charge in [-0.05, 0) is 6.07 Å². The fourth-order valence-corrected chi connectivity index (χ4v) is 1.08. The van der Waals surface area contributed by atoms with E-state index in [-0.39, 0.29) is 21.4 Å². The highest BCUT2D eigenvalue weighted by Gasteiger charge is 2.09. The minimum absolute atomic E-state index is 0.0376. The van der Waals surface area contributed by atoms with Gasteiger partial charge in [-0.25, -0.2) is 5.21 Å². The van der Waals surface area contributed by atoms with Crippen LogP contribution in [0.25, 0.3) is 0 Å². The maximum atomic E-state index is 10.5. The molecule has 1 atom stereocenters. The van der Waals surface area contributed by atoms with Crippen molar-refractivity contribution in [2.75, 3.05) is 5.73 Å². The zero-order valence-corrected chi connectivity index (χ0v) is 7.36. The number of anilines is 1. The molecular weight excluding hydrogens is 203 g/mol. The second-order valence-electron chi connectivity index (χ2n) is 2.16. The fourth-order valence-electron chi connectivity index (χ4n) is 0.747. The molecule has 0 heterocycles. The third-order valence-corrected chi connectivity index (χ3v) is 2.05. The van der Waals surface area contributed by atoms with Gasteiger partial charge in [0.05, 0.1) is 15.7 Å². The number of benzene rings is 1. The molecule has 0 saturated heterocycles. The van der Waals surface area contributed by atoms with Gasteiger partial charge in [-0.3, -0.25) is 0 Å². The molecule has 1 aromatic carbocycles. The molecule has 4 nitrogen and oxygen atoms in total. The maximum absolute atomic E-state index is 10.5. The molecule has 0 aliphatic carbocycles. The zero-order valence-electron chi connectivity index (χ0n) is 5.84. The molecule has 6 heteroatoms. The summed E-state index contributed by atoms with van der Waals surface area (Å²) in [6.45, 7) is 0. The molecule has 12 heavy (non-hydrogen) atoms. The van der Waals surface area contributed by atoms with Crippen LogP contribution >= 0.6 is 23.2 Å². The fraction of sp³-hybridized carbons (Fsp3) is 0. The van der Waals surface area contributed by atoms with Gasteiger partial charge >= 0.3 is 0 Å². The molecule has 0 spiro atoms. The van der Waals surface area contributed by atoms with Crippen LogP contribution in [0.3, 0.4) is 0 Å². The molecule has 1 aromatic rings. The molecule has 0 aliphatic heterocycles. The van der Waals surface area contributed by atoms with Crippen molar-refractivity contribution >= 4 is 34.6 Å². The number of hydrogen-bond acceptors (Lipinski definition) is 3. The Bertz CT molecular complexity index is 304. The van der Waals surface area contributed by atoms with Crippen molar-refractivity contribution in [1.29, 1.82) is 0 Å². The van der Waals surface area contributed by atoms with Gasteiger partial charge in [0, 0.05) is 6.07 Å². The lowest BCUT2D eigenvalue weighted by molar-refractivity contribution is -0.990. The molecule has 66 valence electrons. The van der Waals surface area contributed by atoms with Crippen LogP contribution in [0.15, 0.2) is 12.1 Å². The molecular formula is C6H6Cl2N2O2. The van der Waals surface area contributed by atoms with Crippen LogP contribution in [0, 0.1) is 5.21 Å². The number of nitrogens with two attached hydrogens (primary N) is 1. The molecule has 0 aromatic heterocycles. The Morgan fingerprint density at radius 3 is 2.33 bits per heavy atom. The van der Waals surface area contributed by atoms with Crippen molar-refractivity contribution in [2.24, 2.45) is 0 Å². The van der Waals surface area contributed by atoms with Crippen LogP contribution in [0.4, 0.5) is 11.4 Å². The van der Waals surface area contributed by atoms with Crippen molar-refractivity contribution in [2.45, 2.75) is 0 Å². The van der Waals surface area contributed by atoms with Gasteiger partial charge in [-0.15, -0.1) is 0 Å². The standard InChI is InChI=1S/C6H6Cl2N2O2/c7-3-1-5(9)6(10(11)12)2-4(3)8/h1-2,10-11H,9H2. The minimum Gasteiger partial charge on any atom is -0.595 e. The monoisotopic (exact) mass is 208 g/mol. The Hall–Kier alpha value is -0.520. The van der Waals surface area contributed by atoms with Gasteiger partial charge in [0.25, 0.3) is 0 Å². The summed E-state index contributed by atoms with van der Waals surface area (Å²) in [6.07, 6.45) is 0. The first kappa shape index (κ1) is 9.57. The Morgan fingerprint density at radius 1 is 1.33 bits per heavy atom. The van der Waals surface area contributed by atoms with E-state index in [1.807, 2.05) is 0 Å². The average Bonchev–Trinajstić information content (AvgIpc) is 1.96. The number of halogens is 2. The van der Waals surface area contributed by atoms with E-state index in [1.54, 1.807) is 0 Å². The lowest BCUT2D eigenvalue weighted by Gasteiger charge is -2.13. The summed E-state index contributed by atoms with van der Waals surface area (Å²) in [7, 11) is 0. The summed E-state index contributed by atoms with van der Waals surface area (Å²) in [5.74, 6) is 0. The minimum atomic E-state index is -1.12. The highest BCUT2D eigenvalue weighted by molar-refractivity contribution is 6.42. The molecule has 1 unspecified atom stereocenters. The van der Waals surface area contributed by atoms with Crippen LogP contribution in [0.5, 0.6) is 0 Å². The van der Waals surface area contributed by atoms with E-state index < -0.39 is 5.23 Å². The van der Waals surface area contributed by atoms with E-state index in [9.17, 15) is 5.21 Å². The van der Waals surface area contributed by atoms with Gasteiger partial charge in [0.15, 0.2) is 5.69 Å². The molecule has 0 fully saturated rings. The van der Waals surface area contributed by atoms with Gasteiger partial charge in [0.1, 0.15) is 0 Å². The zero-order chi connectivity index (χ0) is 9.30. The second-order valence-corrected chi connectivity index (χ2v) is 2.97. The van der Waals surface area contributed by atoms with Crippen molar-refractivity contribution in [3.8, 4) is 0 Å². The van der Waals surface area contributed by atoms with E-state index in [4.69, 9.17) is 34.1 Å². The van der Waals surface area contributed by atoms with E-state index in [2.05, 4.69) is 0 Å². The number of quaternary nitrogens is 1. The Balaban J connectivity index is 3.23. The van der Waals surface area contributed by atoms with Crippen LogP contribution in [0.1, 0.15) is 0 Å². The topological polar surface area (TPSA) is 73.8 Å². The maximum Gasteiger partial charge on any atom is 0.188 e. The first-order chi connectivity index (χ1) is 5.52. The van der Waals surface area contributed by atoms with Gasteiger partial charge < -0.3 is 10.9 Å². The predicted molar refractivity (Wildman–Crippen MR) is 46.7 cm³/mol. The number of nitrogens with one attached hydrogen (secondary N) is 1. The summed E-state index contributed by atoms with van der Waals surface area (Å²) in [5, 5.41) is 18.4. The Morgan fingerprint density at radius 2 is 1.83 bits per heavy atom. The number of hydrogen-bond donors (Lipinski definition) is 3. The summed E-state index contributed by atoms with van der Waals surface area (Å²) in [4.78, 5) is 0. The SMILES string of the molecule is Nc1cc(Cl)c(Cl)cc1[NH+]([O-])O. The van der Waals surface area contributed by atoms with E-state index >= 15 is 0 Å². The van der Waals surface area contributed by atoms with Gasteiger partial charge in [0.2, 0.25) is 0 Å². The Labute approximate surface area is 78.6 Å². The first-order valence-electron chi connectivity index (χ1n) is 3.00. The highest BCUT2D eigenvalue weighted by Crippen LogP contribution is 2.28. The average molecular weight is 209 g/mol. The van der Waals surface area contributed by atoms with E-state index in [1.165, 1.54) is 12.1 Å². The lowest BCUT2D eigenvalue weighted by atomic mass is 10.3. The number of rotatable bonds is 1. The van der Waals surface area contributed by atoms with Crippen molar-refractivity contribution < 1.29 is 10.4 Å². The molecule has 0 saturated carbocycles. The van der Waals surface area contributed by atoms with Crippen LogP contribution in [-0.4, -0.2) is 5.21 Å². The smallest absolute Gasteiger partial charge is 0.188 e. The van der Waals surface area contributed by atoms with Crippen molar-refractivity contribution in [3.05, 3.63) is 27.4 Å². The quantitative estimate of drug-likeness (QED) is 0.476. The molecule has 0 bridgehead atoms. The van der Waals surface area contributed by atoms with Crippen LogP contribution in [0.2, 0.25) is 10.0 Å². The molecule has 0 amide bonds. The summed E-state index contributed by atoms with van der Waals surface area (Å²) >= 11 is 11.2. The third-order valence-electron chi connectivity index (χ3n) is 1.32. The van der Waals surface area contributed by atoms with Crippen LogP contribution in [-0.2, 0) is 0 Å². The van der Waals surface area contributed by atoms with Crippen LogP contribution < -0.4 is 11.0 Å². The second kappa shape index (κ2) is 3.47. The first-order valence-corrected chi connectivity index (χ1v) is 3.76. The predicted octanol–water partition coefficient (Wildman–Crippen LogP) is 0.979. The van der Waals surface area contributed by atoms with E-state index in [0.29, 0.717) is 0 Å². The van der Waals surface area contributed by atoms with Gasteiger partial charge in [-0.1, -0.05) is 23.2 Å². The molecule has 4 N–H and O–H groups in total. The van der Waals surface area contributed by atoms with Crippen molar-refractivity contribution in [1.82, 2.24) is 0 Å². The molecule has 0 aliphatic rings. The summed E-state index contributed by atoms with van der Waals surface area (Å²) in [5.41, 5.74) is 5.44. The molecule has 1 rings (SSSR count).